The molecule has 0 saturated heterocycles. The van der Waals surface area contributed by atoms with Crippen LogP contribution in [0.15, 0.2) is 30.5 Å². The summed E-state index contributed by atoms with van der Waals surface area (Å²) in [5.41, 5.74) is -0.204. The molecule has 0 saturated carbocycles. The van der Waals surface area contributed by atoms with E-state index in [1.165, 1.54) is 6.07 Å². The number of carbonyl (C=O) groups excluding carboxylic acids is 1. The molecule has 6 nitrogen and oxygen atoms in total. The molecule has 0 radical (unpaired) electrons. The number of anilines is 3. The molecule has 1 amide bonds. The molecule has 2 N–H and O–H groups in total. The van der Waals surface area contributed by atoms with Crippen molar-refractivity contribution in [3.8, 4) is 5.75 Å². The maximum atomic E-state index is 12.6. The lowest BCUT2D eigenvalue weighted by atomic mass is 10.2. The molecule has 1 aromatic heterocycles. The number of fused-ring (bicyclic) bond motifs is 1. The molecule has 0 bridgehead atoms. The van der Waals surface area contributed by atoms with Gasteiger partial charge in [0.05, 0.1) is 5.69 Å². The first-order valence-electron chi connectivity index (χ1n) is 6.62. The lowest BCUT2D eigenvalue weighted by molar-refractivity contribution is -0.141. The second-order valence-corrected chi connectivity index (χ2v) is 4.85. The highest BCUT2D eigenvalue weighted by atomic mass is 19.4. The SMILES string of the molecule is CC1Oc2ccc(Nc3nccc(C(F)(F)F)n3)cc2NC1=O. The van der Waals surface area contributed by atoms with Crippen LogP contribution in [-0.4, -0.2) is 22.0 Å². The summed E-state index contributed by atoms with van der Waals surface area (Å²) in [7, 11) is 0. The first-order valence-corrected chi connectivity index (χ1v) is 6.62. The van der Waals surface area contributed by atoms with Crippen LogP contribution in [0, 0.1) is 0 Å². The molecular weight excluding hydrogens is 313 g/mol. The minimum absolute atomic E-state index is 0.198. The Bertz CT molecular complexity index is 764. The van der Waals surface area contributed by atoms with Crippen molar-refractivity contribution in [1.29, 1.82) is 0 Å². The molecule has 0 spiro atoms. The average Bonchev–Trinajstić information content (AvgIpc) is 2.48. The number of nitrogens with zero attached hydrogens (tertiary/aromatic N) is 2. The van der Waals surface area contributed by atoms with Gasteiger partial charge >= 0.3 is 6.18 Å². The number of hydrogen-bond donors (Lipinski definition) is 2. The Hall–Kier alpha value is -2.84. The van der Waals surface area contributed by atoms with Crippen LogP contribution in [0.5, 0.6) is 5.75 Å². The fourth-order valence-corrected chi connectivity index (χ4v) is 1.99. The van der Waals surface area contributed by atoms with E-state index < -0.39 is 18.0 Å². The van der Waals surface area contributed by atoms with Gasteiger partial charge in [0, 0.05) is 11.9 Å². The fourth-order valence-electron chi connectivity index (χ4n) is 1.99. The summed E-state index contributed by atoms with van der Waals surface area (Å²) in [4.78, 5) is 18.7. The number of amides is 1. The number of rotatable bonds is 2. The van der Waals surface area contributed by atoms with Gasteiger partial charge < -0.3 is 15.4 Å². The highest BCUT2D eigenvalue weighted by Crippen LogP contribution is 2.33. The van der Waals surface area contributed by atoms with Gasteiger partial charge in [0.15, 0.2) is 6.10 Å². The normalized spacial score (nSPS) is 17.0. The summed E-state index contributed by atoms with van der Waals surface area (Å²) < 4.78 is 43.3. The van der Waals surface area contributed by atoms with Gasteiger partial charge in [-0.2, -0.15) is 13.2 Å². The van der Waals surface area contributed by atoms with Crippen LogP contribution in [0.1, 0.15) is 12.6 Å². The molecular formula is C14H11F3N4O2. The zero-order valence-electron chi connectivity index (χ0n) is 11.8. The summed E-state index contributed by atoms with van der Waals surface area (Å²) in [5, 5.41) is 5.31. The van der Waals surface area contributed by atoms with Crippen molar-refractivity contribution >= 4 is 23.2 Å². The fraction of sp³-hybridized carbons (Fsp3) is 0.214. The van der Waals surface area contributed by atoms with Crippen LogP contribution < -0.4 is 15.4 Å². The van der Waals surface area contributed by atoms with E-state index in [0.29, 0.717) is 17.1 Å². The topological polar surface area (TPSA) is 76.1 Å². The van der Waals surface area contributed by atoms with E-state index in [9.17, 15) is 18.0 Å². The predicted octanol–water partition coefficient (Wildman–Crippen LogP) is 2.96. The molecule has 0 fully saturated rings. The molecule has 1 aliphatic heterocycles. The van der Waals surface area contributed by atoms with E-state index in [0.717, 1.165) is 12.3 Å². The number of carbonyl (C=O) groups is 1. The Morgan fingerprint density at radius 1 is 1.30 bits per heavy atom. The van der Waals surface area contributed by atoms with E-state index in [4.69, 9.17) is 4.74 Å². The second-order valence-electron chi connectivity index (χ2n) is 4.85. The summed E-state index contributed by atoms with van der Waals surface area (Å²) in [6, 6.07) is 5.50. The van der Waals surface area contributed by atoms with Gasteiger partial charge in [0.1, 0.15) is 11.4 Å². The molecule has 23 heavy (non-hydrogen) atoms. The molecule has 2 aromatic rings. The molecule has 2 heterocycles. The van der Waals surface area contributed by atoms with Crippen LogP contribution >= 0.6 is 0 Å². The summed E-state index contributed by atoms with van der Waals surface area (Å²) >= 11 is 0. The third-order valence-electron chi connectivity index (χ3n) is 3.11. The maximum absolute atomic E-state index is 12.6. The lowest BCUT2D eigenvalue weighted by Gasteiger charge is -2.23. The molecule has 3 rings (SSSR count). The zero-order valence-corrected chi connectivity index (χ0v) is 11.8. The van der Waals surface area contributed by atoms with Gasteiger partial charge in [-0.1, -0.05) is 0 Å². The van der Waals surface area contributed by atoms with Crippen molar-refractivity contribution in [2.75, 3.05) is 10.6 Å². The maximum Gasteiger partial charge on any atom is 0.433 e. The number of nitrogens with one attached hydrogen (secondary N) is 2. The summed E-state index contributed by atoms with van der Waals surface area (Å²) in [6.07, 6.45) is -4.14. The second kappa shape index (κ2) is 5.41. The third-order valence-corrected chi connectivity index (χ3v) is 3.11. The van der Waals surface area contributed by atoms with Crippen molar-refractivity contribution < 1.29 is 22.7 Å². The van der Waals surface area contributed by atoms with Crippen molar-refractivity contribution in [2.45, 2.75) is 19.2 Å². The van der Waals surface area contributed by atoms with Gasteiger partial charge in [0.2, 0.25) is 5.95 Å². The molecule has 1 atom stereocenters. The molecule has 1 aliphatic rings. The zero-order chi connectivity index (χ0) is 16.6. The van der Waals surface area contributed by atoms with E-state index in [-0.39, 0.29) is 11.9 Å². The monoisotopic (exact) mass is 324 g/mol. The highest BCUT2D eigenvalue weighted by molar-refractivity contribution is 5.98. The Labute approximate surface area is 128 Å². The number of aromatic nitrogens is 2. The Morgan fingerprint density at radius 2 is 2.09 bits per heavy atom. The molecule has 9 heteroatoms. The Kier molecular flexibility index (Phi) is 3.55. The van der Waals surface area contributed by atoms with Crippen LogP contribution in [0.4, 0.5) is 30.5 Å². The van der Waals surface area contributed by atoms with Gasteiger partial charge in [-0.05, 0) is 31.2 Å². The highest BCUT2D eigenvalue weighted by Gasteiger charge is 2.32. The van der Waals surface area contributed by atoms with E-state index >= 15 is 0 Å². The summed E-state index contributed by atoms with van der Waals surface area (Å²) in [6.45, 7) is 1.61. The van der Waals surface area contributed by atoms with Crippen molar-refractivity contribution in [2.24, 2.45) is 0 Å². The van der Waals surface area contributed by atoms with Crippen LogP contribution in [0.2, 0.25) is 0 Å². The lowest BCUT2D eigenvalue weighted by Crippen LogP contribution is -2.34. The number of hydrogen-bond acceptors (Lipinski definition) is 5. The van der Waals surface area contributed by atoms with Gasteiger partial charge in [-0.15, -0.1) is 0 Å². The minimum Gasteiger partial charge on any atom is -0.479 e. The number of alkyl halides is 3. The molecule has 1 unspecified atom stereocenters. The molecule has 120 valence electrons. The largest absolute Gasteiger partial charge is 0.479 e. The first kappa shape index (κ1) is 15.1. The number of ether oxygens (including phenoxy) is 1. The number of benzene rings is 1. The van der Waals surface area contributed by atoms with Crippen LogP contribution in [0.25, 0.3) is 0 Å². The van der Waals surface area contributed by atoms with Crippen molar-refractivity contribution in [3.05, 3.63) is 36.2 Å². The van der Waals surface area contributed by atoms with E-state index in [1.54, 1.807) is 19.1 Å². The first-order chi connectivity index (χ1) is 10.8. The predicted molar refractivity (Wildman–Crippen MR) is 75.5 cm³/mol. The third kappa shape index (κ3) is 3.17. The molecule has 1 aromatic carbocycles. The smallest absolute Gasteiger partial charge is 0.433 e. The summed E-state index contributed by atoms with van der Waals surface area (Å²) in [5.74, 6) is -0.0197. The van der Waals surface area contributed by atoms with Gasteiger partial charge in [-0.3, -0.25) is 4.79 Å². The van der Waals surface area contributed by atoms with Gasteiger partial charge in [-0.25, -0.2) is 9.97 Å². The van der Waals surface area contributed by atoms with E-state index in [2.05, 4.69) is 20.6 Å². The minimum atomic E-state index is -4.55. The molecule has 0 aliphatic carbocycles. The van der Waals surface area contributed by atoms with Crippen LogP contribution in [0.3, 0.4) is 0 Å². The van der Waals surface area contributed by atoms with Crippen molar-refractivity contribution in [3.63, 3.8) is 0 Å². The number of halogens is 3. The van der Waals surface area contributed by atoms with Crippen molar-refractivity contribution in [1.82, 2.24) is 9.97 Å². The average molecular weight is 324 g/mol. The standard InChI is InChI=1S/C14H11F3N4O2/c1-7-12(22)20-9-6-8(2-3-10(9)23-7)19-13-18-5-4-11(21-13)14(15,16)17/h2-7H,1H3,(H,20,22)(H,18,19,21). The van der Waals surface area contributed by atoms with Gasteiger partial charge in [0.25, 0.3) is 5.91 Å². The Balaban J connectivity index is 1.84. The van der Waals surface area contributed by atoms with E-state index in [1.807, 2.05) is 0 Å². The Morgan fingerprint density at radius 3 is 2.83 bits per heavy atom. The van der Waals surface area contributed by atoms with Crippen LogP contribution in [-0.2, 0) is 11.0 Å². The quantitative estimate of drug-likeness (QED) is 0.888.